The monoisotopic (exact) mass is 261 g/mol. The van der Waals surface area contributed by atoms with E-state index in [4.69, 9.17) is 9.26 Å². The predicted molar refractivity (Wildman–Crippen MR) is 68.7 cm³/mol. The molecular weight excluding hydrogens is 246 g/mol. The number of benzene rings is 1. The molecule has 0 saturated heterocycles. The van der Waals surface area contributed by atoms with Crippen molar-refractivity contribution in [2.24, 2.45) is 0 Å². The smallest absolute Gasteiger partial charge is 0.227 e. The SMILES string of the molecule is CNC(=O)CCc1nc(-c2ccccc2OC)no1. The van der Waals surface area contributed by atoms with Crippen molar-refractivity contribution in [2.45, 2.75) is 12.8 Å². The van der Waals surface area contributed by atoms with E-state index < -0.39 is 0 Å². The molecule has 1 N–H and O–H groups in total. The number of hydrogen-bond acceptors (Lipinski definition) is 5. The number of rotatable bonds is 5. The number of methoxy groups -OCH3 is 1. The van der Waals surface area contributed by atoms with E-state index in [1.165, 1.54) is 0 Å². The highest BCUT2D eigenvalue weighted by molar-refractivity contribution is 5.75. The minimum Gasteiger partial charge on any atom is -0.496 e. The minimum atomic E-state index is -0.0583. The van der Waals surface area contributed by atoms with E-state index in [0.29, 0.717) is 30.3 Å². The highest BCUT2D eigenvalue weighted by atomic mass is 16.5. The summed E-state index contributed by atoms with van der Waals surface area (Å²) in [5.41, 5.74) is 0.764. The number of carbonyl (C=O) groups excluding carboxylic acids is 1. The van der Waals surface area contributed by atoms with Crippen molar-refractivity contribution in [2.75, 3.05) is 14.2 Å². The normalized spacial score (nSPS) is 10.2. The number of amides is 1. The first kappa shape index (κ1) is 13.1. The van der Waals surface area contributed by atoms with Crippen LogP contribution in [0.4, 0.5) is 0 Å². The molecule has 100 valence electrons. The average molecular weight is 261 g/mol. The summed E-state index contributed by atoms with van der Waals surface area (Å²) in [6, 6.07) is 7.43. The second-order valence-corrected chi connectivity index (χ2v) is 3.89. The first-order chi connectivity index (χ1) is 9.24. The summed E-state index contributed by atoms with van der Waals surface area (Å²) in [4.78, 5) is 15.4. The lowest BCUT2D eigenvalue weighted by Crippen LogP contribution is -2.17. The van der Waals surface area contributed by atoms with Crippen LogP contribution in [0.3, 0.4) is 0 Å². The maximum absolute atomic E-state index is 11.1. The number of hydrogen-bond donors (Lipinski definition) is 1. The van der Waals surface area contributed by atoms with Gasteiger partial charge in [-0.05, 0) is 12.1 Å². The van der Waals surface area contributed by atoms with E-state index in [2.05, 4.69) is 15.5 Å². The molecule has 0 unspecified atom stereocenters. The number of carbonyl (C=O) groups is 1. The maximum atomic E-state index is 11.1. The van der Waals surface area contributed by atoms with Crippen LogP contribution in [0, 0.1) is 0 Å². The van der Waals surface area contributed by atoms with Gasteiger partial charge in [-0.25, -0.2) is 0 Å². The molecule has 2 rings (SSSR count). The molecule has 6 nitrogen and oxygen atoms in total. The van der Waals surface area contributed by atoms with Crippen LogP contribution in [-0.4, -0.2) is 30.2 Å². The summed E-state index contributed by atoms with van der Waals surface area (Å²) in [5, 5.41) is 6.44. The fourth-order valence-corrected chi connectivity index (χ4v) is 1.64. The van der Waals surface area contributed by atoms with Gasteiger partial charge in [0.2, 0.25) is 17.6 Å². The topological polar surface area (TPSA) is 77.2 Å². The summed E-state index contributed by atoms with van der Waals surface area (Å²) in [6.45, 7) is 0. The fourth-order valence-electron chi connectivity index (χ4n) is 1.64. The summed E-state index contributed by atoms with van der Waals surface area (Å²) < 4.78 is 10.4. The van der Waals surface area contributed by atoms with Gasteiger partial charge in [-0.3, -0.25) is 4.79 Å². The van der Waals surface area contributed by atoms with E-state index >= 15 is 0 Å². The number of ether oxygens (including phenoxy) is 1. The third-order valence-electron chi connectivity index (χ3n) is 2.66. The van der Waals surface area contributed by atoms with E-state index in [1.54, 1.807) is 14.2 Å². The van der Waals surface area contributed by atoms with Crippen LogP contribution < -0.4 is 10.1 Å². The molecule has 0 saturated carbocycles. The molecule has 0 aliphatic heterocycles. The summed E-state index contributed by atoms with van der Waals surface area (Å²) in [7, 11) is 3.18. The summed E-state index contributed by atoms with van der Waals surface area (Å²) in [6.07, 6.45) is 0.742. The Kier molecular flexibility index (Phi) is 4.12. The Bertz CT molecular complexity index is 566. The molecule has 6 heteroatoms. The number of aryl methyl sites for hydroxylation is 1. The molecule has 0 radical (unpaired) electrons. The number of nitrogens with zero attached hydrogens (tertiary/aromatic N) is 2. The van der Waals surface area contributed by atoms with Gasteiger partial charge in [-0.15, -0.1) is 0 Å². The second kappa shape index (κ2) is 5.99. The van der Waals surface area contributed by atoms with Crippen LogP contribution >= 0.6 is 0 Å². The van der Waals surface area contributed by atoms with Gasteiger partial charge in [0.25, 0.3) is 0 Å². The lowest BCUT2D eigenvalue weighted by atomic mass is 10.2. The molecule has 0 bridgehead atoms. The Morgan fingerprint density at radius 3 is 2.95 bits per heavy atom. The van der Waals surface area contributed by atoms with Crippen LogP contribution in [-0.2, 0) is 11.2 Å². The van der Waals surface area contributed by atoms with E-state index in [1.807, 2.05) is 24.3 Å². The zero-order valence-corrected chi connectivity index (χ0v) is 10.8. The van der Waals surface area contributed by atoms with E-state index in [0.717, 1.165) is 5.56 Å². The molecule has 1 aromatic heterocycles. The van der Waals surface area contributed by atoms with E-state index in [9.17, 15) is 4.79 Å². The quantitative estimate of drug-likeness (QED) is 0.880. The van der Waals surface area contributed by atoms with Crippen molar-refractivity contribution in [1.82, 2.24) is 15.5 Å². The molecule has 0 aliphatic rings. The molecule has 0 spiro atoms. The van der Waals surface area contributed by atoms with Gasteiger partial charge in [0.1, 0.15) is 5.75 Å². The number of aromatic nitrogens is 2. The van der Waals surface area contributed by atoms with Crippen LogP contribution in [0.25, 0.3) is 11.4 Å². The molecule has 1 heterocycles. The molecule has 1 aromatic carbocycles. The Labute approximate surface area is 110 Å². The zero-order chi connectivity index (χ0) is 13.7. The van der Waals surface area contributed by atoms with Gasteiger partial charge in [0.15, 0.2) is 0 Å². The summed E-state index contributed by atoms with van der Waals surface area (Å²) in [5.74, 6) is 1.52. The summed E-state index contributed by atoms with van der Waals surface area (Å²) >= 11 is 0. The molecule has 1 amide bonds. The molecule has 0 aliphatic carbocycles. The third kappa shape index (κ3) is 3.09. The van der Waals surface area contributed by atoms with Crippen molar-refractivity contribution < 1.29 is 14.1 Å². The van der Waals surface area contributed by atoms with Gasteiger partial charge in [-0.2, -0.15) is 4.98 Å². The van der Waals surface area contributed by atoms with Gasteiger partial charge in [0, 0.05) is 19.9 Å². The van der Waals surface area contributed by atoms with E-state index in [-0.39, 0.29) is 5.91 Å². The number of para-hydroxylation sites is 1. The molecule has 19 heavy (non-hydrogen) atoms. The second-order valence-electron chi connectivity index (χ2n) is 3.89. The standard InChI is InChI=1S/C13H15N3O3/c1-14-11(17)7-8-12-15-13(16-19-12)9-5-3-4-6-10(9)18-2/h3-6H,7-8H2,1-2H3,(H,14,17). The molecule has 0 atom stereocenters. The Morgan fingerprint density at radius 2 is 2.21 bits per heavy atom. The minimum absolute atomic E-state index is 0.0583. The largest absolute Gasteiger partial charge is 0.496 e. The first-order valence-corrected chi connectivity index (χ1v) is 5.91. The Hall–Kier alpha value is -2.37. The number of nitrogens with one attached hydrogen (secondary N) is 1. The lowest BCUT2D eigenvalue weighted by molar-refractivity contribution is -0.120. The van der Waals surface area contributed by atoms with Crippen molar-refractivity contribution in [3.05, 3.63) is 30.2 Å². The van der Waals surface area contributed by atoms with Crippen LogP contribution in [0.1, 0.15) is 12.3 Å². The van der Waals surface area contributed by atoms with Crippen LogP contribution in [0.5, 0.6) is 5.75 Å². The lowest BCUT2D eigenvalue weighted by Gasteiger charge is -2.02. The molecule has 0 fully saturated rings. The fraction of sp³-hybridized carbons (Fsp3) is 0.308. The van der Waals surface area contributed by atoms with Gasteiger partial charge in [0.05, 0.1) is 12.7 Å². The highest BCUT2D eigenvalue weighted by Gasteiger charge is 2.13. The zero-order valence-electron chi connectivity index (χ0n) is 10.8. The van der Waals surface area contributed by atoms with Crippen molar-refractivity contribution in [3.8, 4) is 17.1 Å². The van der Waals surface area contributed by atoms with Gasteiger partial charge < -0.3 is 14.6 Å². The highest BCUT2D eigenvalue weighted by Crippen LogP contribution is 2.27. The predicted octanol–water partition coefficient (Wildman–Crippen LogP) is 1.42. The third-order valence-corrected chi connectivity index (χ3v) is 2.66. The Morgan fingerprint density at radius 1 is 1.42 bits per heavy atom. The van der Waals surface area contributed by atoms with Crippen molar-refractivity contribution in [3.63, 3.8) is 0 Å². The Balaban J connectivity index is 2.14. The average Bonchev–Trinajstić information content (AvgIpc) is 2.93. The first-order valence-electron chi connectivity index (χ1n) is 5.91. The molecule has 2 aromatic rings. The maximum Gasteiger partial charge on any atom is 0.227 e. The van der Waals surface area contributed by atoms with Gasteiger partial charge in [-0.1, -0.05) is 17.3 Å². The van der Waals surface area contributed by atoms with Crippen molar-refractivity contribution >= 4 is 5.91 Å². The van der Waals surface area contributed by atoms with Gasteiger partial charge >= 0.3 is 0 Å². The van der Waals surface area contributed by atoms with Crippen molar-refractivity contribution in [1.29, 1.82) is 0 Å². The molecular formula is C13H15N3O3. The van der Waals surface area contributed by atoms with Crippen LogP contribution in [0.15, 0.2) is 28.8 Å². The van der Waals surface area contributed by atoms with Crippen LogP contribution in [0.2, 0.25) is 0 Å².